The van der Waals surface area contributed by atoms with Crippen LogP contribution in [0.1, 0.15) is 12.0 Å². The average Bonchev–Trinajstić information content (AvgIpc) is 3.44. The molecule has 2 N–H and O–H groups in total. The first-order valence-electron chi connectivity index (χ1n) is 9.32. The van der Waals surface area contributed by atoms with Gasteiger partial charge in [-0.15, -0.1) is 0 Å². The number of aromatic nitrogens is 2. The molecule has 27 heavy (non-hydrogen) atoms. The number of piperazine rings is 1. The fourth-order valence-corrected chi connectivity index (χ4v) is 4.13. The van der Waals surface area contributed by atoms with Gasteiger partial charge in [-0.1, -0.05) is 12.1 Å². The lowest BCUT2D eigenvalue weighted by Crippen LogP contribution is -2.48. The van der Waals surface area contributed by atoms with Crippen LogP contribution in [0, 0.1) is 5.92 Å². The maximum Gasteiger partial charge on any atom is 0.316 e. The van der Waals surface area contributed by atoms with Gasteiger partial charge in [0.05, 0.1) is 12.5 Å². The number of carbonyl (C=O) groups excluding carboxylic acids is 1. The van der Waals surface area contributed by atoms with Crippen molar-refractivity contribution in [2.45, 2.75) is 11.8 Å². The molecule has 7 heteroatoms. The minimum Gasteiger partial charge on any atom is -0.468 e. The van der Waals surface area contributed by atoms with Crippen LogP contribution in [-0.4, -0.2) is 60.7 Å². The lowest BCUT2D eigenvalue weighted by Gasteiger charge is -2.35. The second-order valence-electron chi connectivity index (χ2n) is 7.32. The quantitative estimate of drug-likeness (QED) is 0.630. The summed E-state index contributed by atoms with van der Waals surface area (Å²) in [7, 11) is 1.47. The van der Waals surface area contributed by atoms with Crippen LogP contribution < -0.4 is 10.6 Å². The number of benzene rings is 1. The van der Waals surface area contributed by atoms with Crippen LogP contribution in [0.2, 0.25) is 0 Å². The van der Waals surface area contributed by atoms with Crippen molar-refractivity contribution in [3.05, 3.63) is 48.3 Å². The third-order valence-corrected chi connectivity index (χ3v) is 5.77. The molecule has 2 fully saturated rings. The Morgan fingerprint density at radius 1 is 1.19 bits per heavy atom. The van der Waals surface area contributed by atoms with E-state index in [-0.39, 0.29) is 11.9 Å². The van der Waals surface area contributed by atoms with Crippen molar-refractivity contribution in [1.82, 2.24) is 14.9 Å². The van der Waals surface area contributed by atoms with Crippen LogP contribution in [0.5, 0.6) is 0 Å². The molecule has 4 rings (SSSR count). The number of carbonyl (C=O) groups is 1. The Hall–Kier alpha value is -2.67. The van der Waals surface area contributed by atoms with E-state index in [0.717, 1.165) is 50.7 Å². The first kappa shape index (κ1) is 17.7. The third-order valence-electron chi connectivity index (χ3n) is 5.77. The molecule has 0 bridgehead atoms. The topological polar surface area (TPSA) is 84.6 Å². The molecule has 1 saturated heterocycles. The number of anilines is 2. The maximum absolute atomic E-state index is 12.6. The Morgan fingerprint density at radius 3 is 2.48 bits per heavy atom. The van der Waals surface area contributed by atoms with E-state index in [2.05, 4.69) is 19.8 Å². The van der Waals surface area contributed by atoms with Crippen molar-refractivity contribution >= 4 is 17.6 Å². The second kappa shape index (κ2) is 7.15. The van der Waals surface area contributed by atoms with E-state index in [1.165, 1.54) is 7.11 Å². The van der Waals surface area contributed by atoms with Crippen molar-refractivity contribution in [2.24, 2.45) is 5.92 Å². The summed E-state index contributed by atoms with van der Waals surface area (Å²) in [4.78, 5) is 25.9. The van der Waals surface area contributed by atoms with Gasteiger partial charge in [0.2, 0.25) is 5.95 Å². The number of nitrogen functional groups attached to an aromatic ring is 1. The minimum absolute atomic E-state index is 0.145. The first-order chi connectivity index (χ1) is 13.1. The van der Waals surface area contributed by atoms with Crippen molar-refractivity contribution in [1.29, 1.82) is 0 Å². The zero-order valence-electron chi connectivity index (χ0n) is 15.5. The van der Waals surface area contributed by atoms with Crippen LogP contribution in [0.3, 0.4) is 0 Å². The van der Waals surface area contributed by atoms with Crippen molar-refractivity contribution in [3.63, 3.8) is 0 Å². The molecule has 142 valence electrons. The highest BCUT2D eigenvalue weighted by Crippen LogP contribution is 2.55. The van der Waals surface area contributed by atoms with Crippen LogP contribution in [-0.2, 0) is 14.9 Å². The molecule has 1 saturated carbocycles. The zero-order valence-corrected chi connectivity index (χ0v) is 15.5. The van der Waals surface area contributed by atoms with E-state index < -0.39 is 5.41 Å². The minimum atomic E-state index is -0.526. The van der Waals surface area contributed by atoms with E-state index in [4.69, 9.17) is 10.5 Å². The van der Waals surface area contributed by atoms with E-state index in [0.29, 0.717) is 5.69 Å². The van der Waals surface area contributed by atoms with E-state index in [1.807, 2.05) is 30.3 Å². The van der Waals surface area contributed by atoms with E-state index in [9.17, 15) is 4.79 Å². The summed E-state index contributed by atoms with van der Waals surface area (Å²) in [5.74, 6) is 0.913. The Balaban J connectivity index is 1.40. The molecule has 1 aliphatic carbocycles. The van der Waals surface area contributed by atoms with Crippen molar-refractivity contribution < 1.29 is 9.53 Å². The zero-order chi connectivity index (χ0) is 18.9. The molecule has 0 unspecified atom stereocenters. The number of nitrogens with two attached hydrogens (primary N) is 1. The smallest absolute Gasteiger partial charge is 0.316 e. The van der Waals surface area contributed by atoms with Gasteiger partial charge in [0.25, 0.3) is 0 Å². The molecule has 2 aliphatic rings. The third kappa shape index (κ3) is 3.35. The normalized spacial score (nSPS) is 25.2. The van der Waals surface area contributed by atoms with Crippen LogP contribution in [0.15, 0.2) is 42.7 Å². The molecule has 1 aromatic carbocycles. The number of ether oxygens (including phenoxy) is 1. The molecule has 0 amide bonds. The average molecular weight is 367 g/mol. The molecule has 7 nitrogen and oxygen atoms in total. The summed E-state index contributed by atoms with van der Waals surface area (Å²) < 4.78 is 5.14. The lowest BCUT2D eigenvalue weighted by atomic mass is 9.92. The lowest BCUT2D eigenvalue weighted by molar-refractivity contribution is -0.144. The van der Waals surface area contributed by atoms with Crippen molar-refractivity contribution in [2.75, 3.05) is 50.5 Å². The summed E-state index contributed by atoms with van der Waals surface area (Å²) in [6, 6.07) is 9.45. The monoisotopic (exact) mass is 367 g/mol. The maximum atomic E-state index is 12.6. The van der Waals surface area contributed by atoms with Gasteiger partial charge < -0.3 is 15.4 Å². The molecule has 0 radical (unpaired) electrons. The number of nitrogens with zero attached hydrogens (tertiary/aromatic N) is 4. The number of esters is 1. The van der Waals surface area contributed by atoms with Gasteiger partial charge in [-0.3, -0.25) is 9.69 Å². The van der Waals surface area contributed by atoms with Gasteiger partial charge in [0.1, 0.15) is 0 Å². The Bertz CT molecular complexity index is 790. The van der Waals surface area contributed by atoms with Gasteiger partial charge in [-0.25, -0.2) is 9.97 Å². The summed E-state index contributed by atoms with van der Waals surface area (Å²) in [5.41, 5.74) is 6.99. The molecule has 1 aliphatic heterocycles. The molecular weight excluding hydrogens is 342 g/mol. The highest BCUT2D eigenvalue weighted by Gasteiger charge is 2.62. The Morgan fingerprint density at radius 2 is 1.85 bits per heavy atom. The number of methoxy groups -OCH3 is 1. The van der Waals surface area contributed by atoms with Gasteiger partial charge in [0, 0.05) is 50.8 Å². The summed E-state index contributed by atoms with van der Waals surface area (Å²) in [5, 5.41) is 0. The molecule has 2 atom stereocenters. The van der Waals surface area contributed by atoms with Gasteiger partial charge >= 0.3 is 5.97 Å². The van der Waals surface area contributed by atoms with Gasteiger partial charge in [-0.2, -0.15) is 0 Å². The van der Waals surface area contributed by atoms with Gasteiger partial charge in [-0.05, 0) is 36.1 Å². The van der Waals surface area contributed by atoms with E-state index in [1.54, 1.807) is 12.4 Å². The highest BCUT2D eigenvalue weighted by molar-refractivity contribution is 5.87. The molecule has 2 heterocycles. The molecule has 1 aromatic heterocycles. The summed E-state index contributed by atoms with van der Waals surface area (Å²) >= 11 is 0. The molecule has 2 aromatic rings. The first-order valence-corrected chi connectivity index (χ1v) is 9.32. The summed E-state index contributed by atoms with van der Waals surface area (Å²) in [6.07, 6.45) is 4.37. The molecule has 0 spiro atoms. The number of rotatable bonds is 5. The predicted octanol–water partition coefficient (Wildman–Crippen LogP) is 1.31. The molecular formula is C20H25N5O2. The van der Waals surface area contributed by atoms with Crippen LogP contribution in [0.4, 0.5) is 11.6 Å². The summed E-state index contributed by atoms with van der Waals surface area (Å²) in [6.45, 7) is 4.55. The largest absolute Gasteiger partial charge is 0.468 e. The number of hydrogen-bond donors (Lipinski definition) is 1. The Kier molecular flexibility index (Phi) is 4.70. The van der Waals surface area contributed by atoms with Crippen LogP contribution in [0.25, 0.3) is 0 Å². The SMILES string of the molecule is COC(=O)[C@]1(c2ccc(N)cc2)C[C@@H]1CN1CCN(c2ncccn2)CC1. The number of hydrogen-bond acceptors (Lipinski definition) is 7. The van der Waals surface area contributed by atoms with Crippen LogP contribution >= 0.6 is 0 Å². The fraction of sp³-hybridized carbons (Fsp3) is 0.450. The van der Waals surface area contributed by atoms with E-state index >= 15 is 0 Å². The predicted molar refractivity (Wildman–Crippen MR) is 103 cm³/mol. The van der Waals surface area contributed by atoms with Gasteiger partial charge in [0.15, 0.2) is 0 Å². The Labute approximate surface area is 159 Å². The van der Waals surface area contributed by atoms with Crippen molar-refractivity contribution in [3.8, 4) is 0 Å². The highest BCUT2D eigenvalue weighted by atomic mass is 16.5. The fourth-order valence-electron chi connectivity index (χ4n) is 4.13. The standard InChI is InChI=1S/C20H25N5O2/c1-27-18(26)20(15-3-5-17(21)6-4-15)13-16(20)14-24-9-11-25(12-10-24)19-22-7-2-8-23-19/h2-8,16H,9-14,21H2,1H3/t16-,20+/m1/s1. The second-order valence-corrected chi connectivity index (χ2v) is 7.32.